The van der Waals surface area contributed by atoms with E-state index >= 15 is 0 Å². The number of nitrogens with one attached hydrogen (secondary N) is 1. The summed E-state index contributed by atoms with van der Waals surface area (Å²) in [7, 11) is -2.86. The zero-order chi connectivity index (χ0) is 20.6. The van der Waals surface area contributed by atoms with Crippen LogP contribution in [0.15, 0.2) is 30.3 Å². The molecule has 1 atom stereocenters. The predicted molar refractivity (Wildman–Crippen MR) is 111 cm³/mol. The molecule has 0 spiro atoms. The Morgan fingerprint density at radius 2 is 1.86 bits per heavy atom. The SMILES string of the molecule is Cc1nn(Cc2ccccc2)c(C)c1C(=O)N1CC[NH+]([C@H]2CCS(=O)(=O)C2)CC1. The molecule has 2 aliphatic heterocycles. The summed E-state index contributed by atoms with van der Waals surface area (Å²) in [4.78, 5) is 16.4. The molecule has 2 aromatic rings. The molecule has 0 radical (unpaired) electrons. The van der Waals surface area contributed by atoms with E-state index in [1.165, 1.54) is 4.90 Å². The van der Waals surface area contributed by atoms with Crippen LogP contribution >= 0.6 is 0 Å². The minimum atomic E-state index is -2.86. The van der Waals surface area contributed by atoms with Crippen LogP contribution in [-0.4, -0.2) is 72.7 Å². The smallest absolute Gasteiger partial charge is 0.258 e. The second-order valence-electron chi connectivity index (χ2n) is 8.24. The Morgan fingerprint density at radius 1 is 1.17 bits per heavy atom. The van der Waals surface area contributed by atoms with E-state index in [4.69, 9.17) is 0 Å². The highest BCUT2D eigenvalue weighted by atomic mass is 32.2. The molecule has 3 heterocycles. The van der Waals surface area contributed by atoms with Gasteiger partial charge in [-0.25, -0.2) is 8.42 Å². The lowest BCUT2D eigenvalue weighted by atomic mass is 10.1. The summed E-state index contributed by atoms with van der Waals surface area (Å²) in [6.45, 7) is 7.44. The number of piperazine rings is 1. The monoisotopic (exact) mass is 417 g/mol. The maximum atomic E-state index is 13.2. The number of rotatable bonds is 4. The van der Waals surface area contributed by atoms with Crippen molar-refractivity contribution >= 4 is 15.7 Å². The largest absolute Gasteiger partial charge is 0.329 e. The van der Waals surface area contributed by atoms with Gasteiger partial charge in [-0.05, 0) is 19.4 Å². The molecule has 0 unspecified atom stereocenters. The molecule has 1 aromatic heterocycles. The van der Waals surface area contributed by atoms with Crippen molar-refractivity contribution in [1.82, 2.24) is 14.7 Å². The first-order valence-electron chi connectivity index (χ1n) is 10.3. The third-order valence-electron chi connectivity index (χ3n) is 6.27. The van der Waals surface area contributed by atoms with Crippen LogP contribution in [0.2, 0.25) is 0 Å². The van der Waals surface area contributed by atoms with E-state index in [2.05, 4.69) is 17.2 Å². The van der Waals surface area contributed by atoms with Crippen LogP contribution in [0, 0.1) is 13.8 Å². The van der Waals surface area contributed by atoms with Crippen LogP contribution in [0.25, 0.3) is 0 Å². The number of carbonyl (C=O) groups excluding carboxylic acids is 1. The van der Waals surface area contributed by atoms with Gasteiger partial charge in [0.15, 0.2) is 9.84 Å². The molecular weight excluding hydrogens is 388 g/mol. The average molecular weight is 418 g/mol. The number of carbonyl (C=O) groups is 1. The predicted octanol–water partition coefficient (Wildman–Crippen LogP) is 0.0760. The van der Waals surface area contributed by atoms with Gasteiger partial charge in [0.2, 0.25) is 0 Å². The standard InChI is InChI=1S/C21H28N4O3S/c1-16-20(17(2)25(22-16)14-18-6-4-3-5-7-18)21(26)24-11-9-23(10-12-24)19-8-13-29(27,28)15-19/h3-7,19H,8-15H2,1-2H3/p+1/t19-/m0/s1. The summed E-state index contributed by atoms with van der Waals surface area (Å²) in [6, 6.07) is 10.3. The topological polar surface area (TPSA) is 76.7 Å². The highest BCUT2D eigenvalue weighted by Gasteiger charge is 2.38. The second-order valence-corrected chi connectivity index (χ2v) is 10.5. The lowest BCUT2D eigenvalue weighted by molar-refractivity contribution is -0.925. The average Bonchev–Trinajstić information content (AvgIpc) is 3.21. The van der Waals surface area contributed by atoms with Crippen molar-refractivity contribution in [1.29, 1.82) is 0 Å². The van der Waals surface area contributed by atoms with Gasteiger partial charge < -0.3 is 9.80 Å². The van der Waals surface area contributed by atoms with Gasteiger partial charge in [0.05, 0.1) is 49.7 Å². The number of aromatic nitrogens is 2. The Balaban J connectivity index is 1.43. The number of aryl methyl sites for hydroxylation is 1. The van der Waals surface area contributed by atoms with E-state index in [0.717, 1.165) is 36.5 Å². The number of sulfone groups is 1. The maximum Gasteiger partial charge on any atom is 0.258 e. The Labute approximate surface area is 172 Å². The summed E-state index contributed by atoms with van der Waals surface area (Å²) >= 11 is 0. The molecule has 0 aliphatic carbocycles. The van der Waals surface area contributed by atoms with Gasteiger partial charge in [0.25, 0.3) is 5.91 Å². The number of amides is 1. The van der Waals surface area contributed by atoms with Crippen molar-refractivity contribution < 1.29 is 18.1 Å². The van der Waals surface area contributed by atoms with E-state index in [1.54, 1.807) is 0 Å². The molecular formula is C21H29N4O3S+. The molecule has 2 fully saturated rings. The normalized spacial score (nSPS) is 22.1. The van der Waals surface area contributed by atoms with Gasteiger partial charge in [-0.3, -0.25) is 9.48 Å². The van der Waals surface area contributed by atoms with Crippen molar-refractivity contribution in [2.75, 3.05) is 37.7 Å². The van der Waals surface area contributed by atoms with Crippen molar-refractivity contribution in [2.24, 2.45) is 0 Å². The first-order chi connectivity index (χ1) is 13.8. The summed E-state index contributed by atoms with van der Waals surface area (Å²) in [5, 5.41) is 4.61. The number of hydrogen-bond acceptors (Lipinski definition) is 4. The van der Waals surface area contributed by atoms with Crippen LogP contribution in [0.4, 0.5) is 0 Å². The molecule has 0 saturated carbocycles. The molecule has 2 aliphatic rings. The van der Waals surface area contributed by atoms with Crippen LogP contribution in [0.3, 0.4) is 0 Å². The van der Waals surface area contributed by atoms with Crippen LogP contribution in [0.5, 0.6) is 0 Å². The molecule has 1 amide bonds. The van der Waals surface area contributed by atoms with Crippen molar-refractivity contribution in [3.05, 3.63) is 52.8 Å². The van der Waals surface area contributed by atoms with Crippen molar-refractivity contribution in [3.63, 3.8) is 0 Å². The lowest BCUT2D eigenvalue weighted by Gasteiger charge is -2.35. The highest BCUT2D eigenvalue weighted by molar-refractivity contribution is 7.91. The lowest BCUT2D eigenvalue weighted by Crippen LogP contribution is -3.18. The Kier molecular flexibility index (Phi) is 5.48. The van der Waals surface area contributed by atoms with E-state index in [0.29, 0.717) is 36.7 Å². The van der Waals surface area contributed by atoms with Gasteiger partial charge >= 0.3 is 0 Å². The number of nitrogens with zero attached hydrogens (tertiary/aromatic N) is 3. The fraction of sp³-hybridized carbons (Fsp3) is 0.524. The molecule has 1 N–H and O–H groups in total. The van der Waals surface area contributed by atoms with E-state index < -0.39 is 9.84 Å². The van der Waals surface area contributed by atoms with Crippen LogP contribution < -0.4 is 4.90 Å². The summed E-state index contributed by atoms with van der Waals surface area (Å²) in [5.41, 5.74) is 3.52. The quantitative estimate of drug-likeness (QED) is 0.764. The minimum Gasteiger partial charge on any atom is -0.329 e. The van der Waals surface area contributed by atoms with Gasteiger partial charge in [-0.1, -0.05) is 30.3 Å². The highest BCUT2D eigenvalue weighted by Crippen LogP contribution is 2.18. The minimum absolute atomic E-state index is 0.0393. The number of hydrogen-bond donors (Lipinski definition) is 1. The molecule has 29 heavy (non-hydrogen) atoms. The van der Waals surface area contributed by atoms with Crippen molar-refractivity contribution in [2.45, 2.75) is 32.9 Å². The first-order valence-corrected chi connectivity index (χ1v) is 12.1. The third-order valence-corrected chi connectivity index (χ3v) is 8.04. The van der Waals surface area contributed by atoms with E-state index in [1.807, 2.05) is 41.6 Å². The zero-order valence-electron chi connectivity index (χ0n) is 17.1. The maximum absolute atomic E-state index is 13.2. The van der Waals surface area contributed by atoms with E-state index in [-0.39, 0.29) is 11.9 Å². The van der Waals surface area contributed by atoms with Gasteiger partial charge in [0.1, 0.15) is 11.8 Å². The van der Waals surface area contributed by atoms with E-state index in [9.17, 15) is 13.2 Å². The fourth-order valence-electron chi connectivity index (χ4n) is 4.60. The molecule has 2 saturated heterocycles. The van der Waals surface area contributed by atoms with Gasteiger partial charge in [0, 0.05) is 12.1 Å². The van der Waals surface area contributed by atoms with Crippen molar-refractivity contribution in [3.8, 4) is 0 Å². The Morgan fingerprint density at radius 3 is 2.48 bits per heavy atom. The van der Waals surface area contributed by atoms with Gasteiger partial charge in [-0.15, -0.1) is 0 Å². The second kappa shape index (κ2) is 7.91. The first kappa shape index (κ1) is 20.1. The summed E-state index contributed by atoms with van der Waals surface area (Å²) in [5.74, 6) is 0.640. The number of quaternary nitrogens is 1. The summed E-state index contributed by atoms with van der Waals surface area (Å²) < 4.78 is 25.4. The molecule has 0 bridgehead atoms. The Bertz CT molecular complexity index is 992. The van der Waals surface area contributed by atoms with Crippen LogP contribution in [-0.2, 0) is 16.4 Å². The molecule has 156 valence electrons. The van der Waals surface area contributed by atoms with Gasteiger partial charge in [-0.2, -0.15) is 5.10 Å². The fourth-order valence-corrected chi connectivity index (χ4v) is 6.42. The third kappa shape index (κ3) is 4.23. The van der Waals surface area contributed by atoms with Crippen LogP contribution in [0.1, 0.15) is 33.7 Å². The molecule has 1 aromatic carbocycles. The molecule has 4 rings (SSSR count). The summed E-state index contributed by atoms with van der Waals surface area (Å²) in [6.07, 6.45) is 0.746. The Hall–Kier alpha value is -2.19. The number of benzene rings is 1. The molecule has 7 nitrogen and oxygen atoms in total. The zero-order valence-corrected chi connectivity index (χ0v) is 17.9. The molecule has 8 heteroatoms.